The molecule has 0 saturated heterocycles. The molecule has 0 spiro atoms. The molecule has 0 saturated carbocycles. The van der Waals surface area contributed by atoms with Gasteiger partial charge in [0.1, 0.15) is 5.82 Å². The average Bonchev–Trinajstić information content (AvgIpc) is 3.03. The topological polar surface area (TPSA) is 112 Å². The van der Waals surface area contributed by atoms with Crippen molar-refractivity contribution in [3.63, 3.8) is 0 Å². The summed E-state index contributed by atoms with van der Waals surface area (Å²) in [5.74, 6) is -0.838. The van der Waals surface area contributed by atoms with E-state index in [0.717, 1.165) is 62.1 Å². The van der Waals surface area contributed by atoms with Crippen LogP contribution in [-0.2, 0) is 17.6 Å². The van der Waals surface area contributed by atoms with Gasteiger partial charge in [0, 0.05) is 48.6 Å². The Morgan fingerprint density at radius 1 is 1.08 bits per heavy atom. The van der Waals surface area contributed by atoms with Crippen LogP contribution < -0.4 is 15.5 Å². The standard InChI is InChI=1S/C31H34N4O4/c1-35-27-18-21(13-15-24(27)26(19-28(36)37)23-10-4-5-11-25(23)31(35)39)30(38)33-16-6-2-3-9-22-14-12-20-8-7-17-32-29(20)34-22/h4-5,10-15,18,26H,2-3,6-9,16-17,19H2,1H3,(H,32,34)(H,33,38)(H,36,37). The molecule has 0 radical (unpaired) electrons. The van der Waals surface area contributed by atoms with Crippen LogP contribution in [0.15, 0.2) is 54.6 Å². The minimum Gasteiger partial charge on any atom is -0.481 e. The zero-order valence-corrected chi connectivity index (χ0v) is 22.2. The molecule has 3 N–H and O–H groups in total. The molecule has 8 nitrogen and oxygen atoms in total. The Hall–Kier alpha value is -4.20. The first kappa shape index (κ1) is 26.4. The molecule has 2 aliphatic heterocycles. The van der Waals surface area contributed by atoms with Crippen molar-refractivity contribution in [3.05, 3.63) is 88.1 Å². The minimum atomic E-state index is -0.946. The van der Waals surface area contributed by atoms with Crippen molar-refractivity contribution in [3.8, 4) is 0 Å². The molecular formula is C31H34N4O4. The van der Waals surface area contributed by atoms with Gasteiger partial charge in [-0.2, -0.15) is 0 Å². The van der Waals surface area contributed by atoms with E-state index in [1.165, 1.54) is 10.5 Å². The van der Waals surface area contributed by atoms with Gasteiger partial charge in [0.15, 0.2) is 0 Å². The number of rotatable bonds is 9. The number of pyridine rings is 1. The fraction of sp³-hybridized carbons (Fsp3) is 0.355. The molecule has 0 aliphatic carbocycles. The van der Waals surface area contributed by atoms with Gasteiger partial charge < -0.3 is 20.6 Å². The van der Waals surface area contributed by atoms with Crippen LogP contribution in [0.1, 0.15) is 81.1 Å². The maximum atomic E-state index is 13.2. The van der Waals surface area contributed by atoms with E-state index in [1.54, 1.807) is 37.4 Å². The van der Waals surface area contributed by atoms with Crippen LogP contribution in [0.2, 0.25) is 0 Å². The molecule has 3 heterocycles. The summed E-state index contributed by atoms with van der Waals surface area (Å²) in [6, 6.07) is 16.6. The number of aryl methyl sites for hydroxylation is 2. The first-order valence-corrected chi connectivity index (χ1v) is 13.7. The van der Waals surface area contributed by atoms with E-state index in [9.17, 15) is 19.5 Å². The third-order valence-electron chi connectivity index (χ3n) is 7.63. The number of nitrogens with one attached hydrogen (secondary N) is 2. The van der Waals surface area contributed by atoms with Crippen molar-refractivity contribution in [1.82, 2.24) is 10.3 Å². The number of hydrogen-bond acceptors (Lipinski definition) is 5. The third-order valence-corrected chi connectivity index (χ3v) is 7.63. The van der Waals surface area contributed by atoms with Crippen molar-refractivity contribution in [2.75, 3.05) is 30.4 Å². The number of aliphatic carboxylic acids is 1. The van der Waals surface area contributed by atoms with E-state index in [2.05, 4.69) is 22.8 Å². The Kier molecular flexibility index (Phi) is 7.91. The number of carboxylic acid groups (broad SMARTS) is 1. The Bertz CT molecular complexity index is 1400. The molecule has 2 aromatic carbocycles. The van der Waals surface area contributed by atoms with E-state index in [4.69, 9.17) is 4.98 Å². The summed E-state index contributed by atoms with van der Waals surface area (Å²) in [6.45, 7) is 1.54. The summed E-state index contributed by atoms with van der Waals surface area (Å²) in [5, 5.41) is 15.9. The van der Waals surface area contributed by atoms with E-state index in [1.807, 2.05) is 12.1 Å². The molecule has 2 amide bonds. The Morgan fingerprint density at radius 2 is 1.92 bits per heavy atom. The molecule has 2 aliphatic rings. The third kappa shape index (κ3) is 5.79. The second-order valence-corrected chi connectivity index (χ2v) is 10.3. The van der Waals surface area contributed by atoms with Gasteiger partial charge in [-0.05, 0) is 73.1 Å². The fourth-order valence-corrected chi connectivity index (χ4v) is 5.54. The first-order chi connectivity index (χ1) is 18.9. The van der Waals surface area contributed by atoms with Crippen LogP contribution in [0.4, 0.5) is 11.5 Å². The summed E-state index contributed by atoms with van der Waals surface area (Å²) in [5.41, 5.74) is 5.29. The number of carbonyl (C=O) groups is 3. The lowest BCUT2D eigenvalue weighted by Crippen LogP contribution is -2.27. The van der Waals surface area contributed by atoms with Gasteiger partial charge in [-0.25, -0.2) is 4.98 Å². The first-order valence-electron chi connectivity index (χ1n) is 13.7. The fourth-order valence-electron chi connectivity index (χ4n) is 5.54. The molecule has 0 fully saturated rings. The van der Waals surface area contributed by atoms with Gasteiger partial charge in [-0.3, -0.25) is 14.4 Å². The van der Waals surface area contributed by atoms with Crippen molar-refractivity contribution in [1.29, 1.82) is 0 Å². The van der Waals surface area contributed by atoms with Crippen LogP contribution in [0.5, 0.6) is 0 Å². The predicted molar refractivity (Wildman–Crippen MR) is 151 cm³/mol. The van der Waals surface area contributed by atoms with Crippen LogP contribution in [0.25, 0.3) is 0 Å². The lowest BCUT2D eigenvalue weighted by atomic mass is 9.85. The van der Waals surface area contributed by atoms with E-state index < -0.39 is 11.9 Å². The summed E-state index contributed by atoms with van der Waals surface area (Å²) < 4.78 is 0. The summed E-state index contributed by atoms with van der Waals surface area (Å²) in [7, 11) is 1.66. The number of hydrogen-bond donors (Lipinski definition) is 3. The molecule has 1 aromatic heterocycles. The molecule has 0 bridgehead atoms. The van der Waals surface area contributed by atoms with Gasteiger partial charge in [0.05, 0.1) is 6.42 Å². The van der Waals surface area contributed by atoms with Gasteiger partial charge in [0.25, 0.3) is 11.8 Å². The highest BCUT2D eigenvalue weighted by Crippen LogP contribution is 2.40. The van der Waals surface area contributed by atoms with Crippen LogP contribution in [0, 0.1) is 0 Å². The Labute approximate surface area is 228 Å². The number of carboxylic acids is 1. The number of amides is 2. The van der Waals surface area contributed by atoms with Gasteiger partial charge >= 0.3 is 5.97 Å². The zero-order valence-electron chi connectivity index (χ0n) is 22.2. The number of nitrogens with zero attached hydrogens (tertiary/aromatic N) is 2. The quantitative estimate of drug-likeness (QED) is 0.346. The average molecular weight is 527 g/mol. The number of unbranched alkanes of at least 4 members (excludes halogenated alkanes) is 2. The Morgan fingerprint density at radius 3 is 2.77 bits per heavy atom. The second-order valence-electron chi connectivity index (χ2n) is 10.3. The number of carbonyl (C=O) groups excluding carboxylic acids is 2. The van der Waals surface area contributed by atoms with E-state index in [-0.39, 0.29) is 18.2 Å². The summed E-state index contributed by atoms with van der Waals surface area (Å²) in [4.78, 5) is 44.1. The minimum absolute atomic E-state index is 0.145. The highest BCUT2D eigenvalue weighted by Gasteiger charge is 2.32. The summed E-state index contributed by atoms with van der Waals surface area (Å²) >= 11 is 0. The van der Waals surface area contributed by atoms with E-state index in [0.29, 0.717) is 28.9 Å². The van der Waals surface area contributed by atoms with Crippen molar-refractivity contribution in [2.45, 2.75) is 50.9 Å². The SMILES string of the molecule is CN1C(=O)c2ccccc2C(CC(=O)O)c2ccc(C(=O)NCCCCCc3ccc4c(n3)NCCC4)cc21. The molecule has 1 unspecified atom stereocenters. The smallest absolute Gasteiger partial charge is 0.304 e. The molecule has 5 rings (SSSR count). The molecule has 8 heteroatoms. The lowest BCUT2D eigenvalue weighted by Gasteiger charge is -2.21. The number of benzene rings is 2. The molecular weight excluding hydrogens is 492 g/mol. The van der Waals surface area contributed by atoms with Crippen molar-refractivity contribution < 1.29 is 19.5 Å². The van der Waals surface area contributed by atoms with Gasteiger partial charge in [-0.1, -0.05) is 36.8 Å². The second kappa shape index (κ2) is 11.7. The highest BCUT2D eigenvalue weighted by atomic mass is 16.4. The molecule has 202 valence electrons. The lowest BCUT2D eigenvalue weighted by molar-refractivity contribution is -0.137. The van der Waals surface area contributed by atoms with Crippen molar-refractivity contribution >= 4 is 29.3 Å². The monoisotopic (exact) mass is 526 g/mol. The van der Waals surface area contributed by atoms with Crippen LogP contribution in [-0.4, -0.2) is 48.0 Å². The molecule has 1 atom stereocenters. The number of aromatic nitrogens is 1. The molecule has 3 aromatic rings. The maximum Gasteiger partial charge on any atom is 0.304 e. The maximum absolute atomic E-state index is 13.2. The van der Waals surface area contributed by atoms with Gasteiger partial charge in [0.2, 0.25) is 0 Å². The Balaban J connectivity index is 1.19. The van der Waals surface area contributed by atoms with Crippen LogP contribution >= 0.6 is 0 Å². The number of anilines is 2. The highest BCUT2D eigenvalue weighted by molar-refractivity contribution is 6.09. The largest absolute Gasteiger partial charge is 0.481 e. The predicted octanol–water partition coefficient (Wildman–Crippen LogP) is 4.78. The summed E-state index contributed by atoms with van der Waals surface area (Å²) in [6.07, 6.45) is 5.83. The normalized spacial score (nSPS) is 15.9. The van der Waals surface area contributed by atoms with Crippen LogP contribution in [0.3, 0.4) is 0 Å². The molecule has 39 heavy (non-hydrogen) atoms. The van der Waals surface area contributed by atoms with E-state index >= 15 is 0 Å². The van der Waals surface area contributed by atoms with Crippen molar-refractivity contribution in [2.24, 2.45) is 0 Å². The number of fused-ring (bicyclic) bond motifs is 3. The van der Waals surface area contributed by atoms with Gasteiger partial charge in [-0.15, -0.1) is 0 Å². The zero-order chi connectivity index (χ0) is 27.4.